The van der Waals surface area contributed by atoms with Crippen molar-refractivity contribution in [1.29, 1.82) is 0 Å². The summed E-state index contributed by atoms with van der Waals surface area (Å²) in [5, 5.41) is 7.46. The third-order valence-corrected chi connectivity index (χ3v) is 4.21. The fourth-order valence-electron chi connectivity index (χ4n) is 2.84. The standard InChI is InChI=1S/C15H20N4O/c1-10-7-8-17-9-13(10)14-18-15(20-19-14)11-3-5-12(16-2)6-4-11/h7-9,11-12,16H,3-6H2,1-2H3. The maximum atomic E-state index is 5.47. The molecule has 20 heavy (non-hydrogen) atoms. The van der Waals surface area contributed by atoms with E-state index >= 15 is 0 Å². The highest BCUT2D eigenvalue weighted by atomic mass is 16.5. The van der Waals surface area contributed by atoms with Crippen LogP contribution in [0.25, 0.3) is 11.4 Å². The molecule has 0 bridgehead atoms. The lowest BCUT2D eigenvalue weighted by Gasteiger charge is -2.25. The second-order valence-corrected chi connectivity index (χ2v) is 5.48. The van der Waals surface area contributed by atoms with Crippen molar-refractivity contribution >= 4 is 0 Å². The summed E-state index contributed by atoms with van der Waals surface area (Å²) < 4.78 is 5.47. The molecule has 0 atom stereocenters. The van der Waals surface area contributed by atoms with Crippen molar-refractivity contribution in [3.63, 3.8) is 0 Å². The molecule has 1 aliphatic rings. The van der Waals surface area contributed by atoms with Crippen LogP contribution < -0.4 is 5.32 Å². The van der Waals surface area contributed by atoms with E-state index in [1.165, 1.54) is 12.8 Å². The van der Waals surface area contributed by atoms with E-state index in [2.05, 4.69) is 20.4 Å². The Kier molecular flexibility index (Phi) is 3.78. The topological polar surface area (TPSA) is 63.8 Å². The third kappa shape index (κ3) is 2.58. The van der Waals surface area contributed by atoms with Gasteiger partial charge in [-0.3, -0.25) is 4.98 Å². The van der Waals surface area contributed by atoms with Crippen LogP contribution in [0.4, 0.5) is 0 Å². The van der Waals surface area contributed by atoms with E-state index in [9.17, 15) is 0 Å². The first kappa shape index (κ1) is 13.2. The zero-order valence-electron chi connectivity index (χ0n) is 12.0. The second-order valence-electron chi connectivity index (χ2n) is 5.48. The van der Waals surface area contributed by atoms with Gasteiger partial charge in [-0.1, -0.05) is 5.16 Å². The average Bonchev–Trinajstić information content (AvgIpc) is 2.97. The zero-order valence-corrected chi connectivity index (χ0v) is 12.0. The molecule has 0 unspecified atom stereocenters. The van der Waals surface area contributed by atoms with Crippen molar-refractivity contribution in [3.05, 3.63) is 29.9 Å². The number of rotatable bonds is 3. The maximum absolute atomic E-state index is 5.47. The van der Waals surface area contributed by atoms with Crippen molar-refractivity contribution in [2.24, 2.45) is 0 Å². The summed E-state index contributed by atoms with van der Waals surface area (Å²) in [4.78, 5) is 8.71. The van der Waals surface area contributed by atoms with Gasteiger partial charge in [0.05, 0.1) is 0 Å². The molecule has 1 N–H and O–H groups in total. The van der Waals surface area contributed by atoms with Crippen molar-refractivity contribution in [2.45, 2.75) is 44.6 Å². The van der Waals surface area contributed by atoms with Gasteiger partial charge in [0.1, 0.15) is 0 Å². The molecule has 2 aromatic rings. The van der Waals surface area contributed by atoms with E-state index in [1.54, 1.807) is 12.4 Å². The number of aromatic nitrogens is 3. The van der Waals surface area contributed by atoms with Crippen LogP contribution in [-0.2, 0) is 0 Å². The Morgan fingerprint density at radius 1 is 1.25 bits per heavy atom. The summed E-state index contributed by atoms with van der Waals surface area (Å²) in [6.07, 6.45) is 8.13. The monoisotopic (exact) mass is 272 g/mol. The molecule has 106 valence electrons. The molecule has 1 aliphatic carbocycles. The number of nitrogens with one attached hydrogen (secondary N) is 1. The Morgan fingerprint density at radius 3 is 2.75 bits per heavy atom. The van der Waals surface area contributed by atoms with Gasteiger partial charge < -0.3 is 9.84 Å². The van der Waals surface area contributed by atoms with Crippen molar-refractivity contribution in [3.8, 4) is 11.4 Å². The fraction of sp³-hybridized carbons (Fsp3) is 0.533. The third-order valence-electron chi connectivity index (χ3n) is 4.21. The molecule has 0 radical (unpaired) electrons. The summed E-state index contributed by atoms with van der Waals surface area (Å²) in [7, 11) is 2.03. The van der Waals surface area contributed by atoms with Gasteiger partial charge in [-0.15, -0.1) is 0 Å². The smallest absolute Gasteiger partial charge is 0.230 e. The van der Waals surface area contributed by atoms with E-state index in [0.717, 1.165) is 29.9 Å². The first-order valence-electron chi connectivity index (χ1n) is 7.19. The first-order valence-corrected chi connectivity index (χ1v) is 7.19. The van der Waals surface area contributed by atoms with E-state index < -0.39 is 0 Å². The molecule has 1 fully saturated rings. The van der Waals surface area contributed by atoms with Crippen LogP contribution in [-0.4, -0.2) is 28.2 Å². The van der Waals surface area contributed by atoms with Crippen LogP contribution in [0.5, 0.6) is 0 Å². The van der Waals surface area contributed by atoms with Crippen LogP contribution in [0.15, 0.2) is 23.0 Å². The van der Waals surface area contributed by atoms with Crippen LogP contribution in [0.2, 0.25) is 0 Å². The minimum absolute atomic E-state index is 0.401. The Labute approximate surface area is 118 Å². The minimum atomic E-state index is 0.401. The van der Waals surface area contributed by atoms with Crippen LogP contribution >= 0.6 is 0 Å². The SMILES string of the molecule is CNC1CCC(c2nc(-c3cnccc3C)no2)CC1. The molecule has 0 aliphatic heterocycles. The quantitative estimate of drug-likeness (QED) is 0.930. The van der Waals surface area contributed by atoms with Crippen molar-refractivity contribution in [1.82, 2.24) is 20.4 Å². The van der Waals surface area contributed by atoms with Crippen molar-refractivity contribution < 1.29 is 4.52 Å². The minimum Gasteiger partial charge on any atom is -0.339 e. The predicted octanol–water partition coefficient (Wildman–Crippen LogP) is 2.69. The highest BCUT2D eigenvalue weighted by Gasteiger charge is 2.26. The average molecular weight is 272 g/mol. The van der Waals surface area contributed by atoms with E-state index in [1.807, 2.05) is 20.0 Å². The van der Waals surface area contributed by atoms with Crippen LogP contribution in [0.3, 0.4) is 0 Å². The molecule has 0 spiro atoms. The normalized spacial score (nSPS) is 22.9. The molecular weight excluding hydrogens is 252 g/mol. The van der Waals surface area contributed by atoms with Crippen molar-refractivity contribution in [2.75, 3.05) is 7.05 Å². The lowest BCUT2D eigenvalue weighted by Crippen LogP contribution is -2.29. The van der Waals surface area contributed by atoms with Gasteiger partial charge in [0.15, 0.2) is 0 Å². The molecule has 1 saturated carbocycles. The number of pyridine rings is 1. The fourth-order valence-corrected chi connectivity index (χ4v) is 2.84. The van der Waals surface area contributed by atoms with Gasteiger partial charge >= 0.3 is 0 Å². The molecule has 0 aromatic carbocycles. The van der Waals surface area contributed by atoms with Gasteiger partial charge in [0.25, 0.3) is 0 Å². The van der Waals surface area contributed by atoms with Gasteiger partial charge in [-0.25, -0.2) is 0 Å². The highest BCUT2D eigenvalue weighted by Crippen LogP contribution is 2.33. The number of aryl methyl sites for hydroxylation is 1. The zero-order chi connectivity index (χ0) is 13.9. The summed E-state index contributed by atoms with van der Waals surface area (Å²) in [6, 6.07) is 2.60. The van der Waals surface area contributed by atoms with Crippen LogP contribution in [0.1, 0.15) is 43.1 Å². The molecule has 2 aromatic heterocycles. The molecule has 0 amide bonds. The molecular formula is C15H20N4O. The Balaban J connectivity index is 1.76. The number of nitrogens with zero attached hydrogens (tertiary/aromatic N) is 3. The summed E-state index contributed by atoms with van der Waals surface area (Å²) in [5.41, 5.74) is 2.07. The van der Waals surface area contributed by atoms with Crippen LogP contribution in [0, 0.1) is 6.92 Å². The predicted molar refractivity (Wildman–Crippen MR) is 76.3 cm³/mol. The molecule has 5 heteroatoms. The van der Waals surface area contributed by atoms with E-state index in [4.69, 9.17) is 4.52 Å². The molecule has 5 nitrogen and oxygen atoms in total. The van der Waals surface area contributed by atoms with Gasteiger partial charge in [-0.2, -0.15) is 4.98 Å². The summed E-state index contributed by atoms with van der Waals surface area (Å²) in [5.74, 6) is 1.83. The Hall–Kier alpha value is -1.75. The Bertz CT molecular complexity index is 573. The molecule has 3 rings (SSSR count). The lowest BCUT2D eigenvalue weighted by molar-refractivity contribution is 0.289. The summed E-state index contributed by atoms with van der Waals surface area (Å²) >= 11 is 0. The molecule has 2 heterocycles. The highest BCUT2D eigenvalue weighted by molar-refractivity contribution is 5.57. The Morgan fingerprint density at radius 2 is 2.05 bits per heavy atom. The van der Waals surface area contributed by atoms with Gasteiger partial charge in [0, 0.05) is 29.9 Å². The maximum Gasteiger partial charge on any atom is 0.230 e. The largest absolute Gasteiger partial charge is 0.339 e. The lowest BCUT2D eigenvalue weighted by atomic mass is 9.86. The van der Waals surface area contributed by atoms with Gasteiger partial charge in [-0.05, 0) is 51.3 Å². The molecule has 0 saturated heterocycles. The van der Waals surface area contributed by atoms with E-state index in [-0.39, 0.29) is 0 Å². The van der Waals surface area contributed by atoms with Gasteiger partial charge in [0.2, 0.25) is 11.7 Å². The number of hydrogen-bond donors (Lipinski definition) is 1. The van der Waals surface area contributed by atoms with E-state index in [0.29, 0.717) is 17.8 Å². The first-order chi connectivity index (χ1) is 9.78. The summed E-state index contributed by atoms with van der Waals surface area (Å²) in [6.45, 7) is 2.03. The number of hydrogen-bond acceptors (Lipinski definition) is 5. The second kappa shape index (κ2) is 5.71.